The number of amides is 2. The van der Waals surface area contributed by atoms with Crippen molar-refractivity contribution in [3.63, 3.8) is 0 Å². The van der Waals surface area contributed by atoms with Gasteiger partial charge in [0.25, 0.3) is 0 Å². The van der Waals surface area contributed by atoms with Gasteiger partial charge in [0, 0.05) is 45.5 Å². The van der Waals surface area contributed by atoms with Crippen LogP contribution in [0.1, 0.15) is 25.7 Å². The quantitative estimate of drug-likeness (QED) is 0.851. The Morgan fingerprint density at radius 1 is 1.24 bits per heavy atom. The van der Waals surface area contributed by atoms with Gasteiger partial charge in [-0.1, -0.05) is 0 Å². The molecule has 3 heterocycles. The van der Waals surface area contributed by atoms with Crippen molar-refractivity contribution in [2.45, 2.75) is 37.8 Å². The molecule has 1 saturated heterocycles. The summed E-state index contributed by atoms with van der Waals surface area (Å²) in [5, 5.41) is 4.01. The molecule has 1 aliphatic heterocycles. The number of morpholine rings is 1. The van der Waals surface area contributed by atoms with Gasteiger partial charge >= 0.3 is 6.03 Å². The van der Waals surface area contributed by atoms with Crippen LogP contribution in [0.5, 0.6) is 5.88 Å². The highest BCUT2D eigenvalue weighted by molar-refractivity contribution is 5.85. The number of carbonyl (C=O) groups is 1. The van der Waals surface area contributed by atoms with Crippen molar-refractivity contribution in [2.24, 2.45) is 0 Å². The van der Waals surface area contributed by atoms with Crippen molar-refractivity contribution in [2.75, 3.05) is 45.3 Å². The molecule has 0 unspecified atom stereocenters. The predicted octanol–water partition coefficient (Wildman–Crippen LogP) is 2.43. The molecule has 4 rings (SSSR count). The van der Waals surface area contributed by atoms with Crippen molar-refractivity contribution in [1.82, 2.24) is 20.2 Å². The molecule has 2 aromatic rings. The number of pyridine rings is 2. The number of anilines is 1. The summed E-state index contributed by atoms with van der Waals surface area (Å²) in [6, 6.07) is 6.12. The lowest BCUT2D eigenvalue weighted by atomic mass is 9.93. The second-order valence-electron chi connectivity index (χ2n) is 7.89. The van der Waals surface area contributed by atoms with Crippen LogP contribution in [0.15, 0.2) is 24.4 Å². The number of urea groups is 1. The van der Waals surface area contributed by atoms with E-state index < -0.39 is 0 Å². The van der Waals surface area contributed by atoms with Gasteiger partial charge in [-0.3, -0.25) is 4.98 Å². The molecule has 0 spiro atoms. The number of aromatic nitrogens is 2. The lowest BCUT2D eigenvalue weighted by Gasteiger charge is -2.31. The van der Waals surface area contributed by atoms with Crippen LogP contribution in [0.4, 0.5) is 10.6 Å². The lowest BCUT2D eigenvalue weighted by Crippen LogP contribution is -2.44. The summed E-state index contributed by atoms with van der Waals surface area (Å²) in [4.78, 5) is 25.0. The molecule has 2 aliphatic rings. The van der Waals surface area contributed by atoms with Gasteiger partial charge in [-0.15, -0.1) is 0 Å². The van der Waals surface area contributed by atoms with Crippen LogP contribution in [0.3, 0.4) is 0 Å². The monoisotopic (exact) mass is 399 g/mol. The number of rotatable bonds is 4. The van der Waals surface area contributed by atoms with E-state index in [0.717, 1.165) is 55.5 Å². The van der Waals surface area contributed by atoms with E-state index in [2.05, 4.69) is 15.2 Å². The van der Waals surface area contributed by atoms with Gasteiger partial charge in [-0.25, -0.2) is 4.79 Å². The van der Waals surface area contributed by atoms with Crippen molar-refractivity contribution in [3.8, 4) is 5.88 Å². The van der Waals surface area contributed by atoms with Gasteiger partial charge in [0.1, 0.15) is 11.9 Å². The maximum absolute atomic E-state index is 11.9. The van der Waals surface area contributed by atoms with Crippen LogP contribution >= 0.6 is 0 Å². The van der Waals surface area contributed by atoms with Crippen LogP contribution in [0, 0.1) is 0 Å². The molecular weight excluding hydrogens is 370 g/mol. The smallest absolute Gasteiger partial charge is 0.317 e. The Balaban J connectivity index is 1.47. The van der Waals surface area contributed by atoms with Crippen molar-refractivity contribution >= 4 is 22.8 Å². The fourth-order valence-corrected chi connectivity index (χ4v) is 3.86. The van der Waals surface area contributed by atoms with Gasteiger partial charge in [-0.05, 0) is 37.8 Å². The normalized spacial score (nSPS) is 22.3. The van der Waals surface area contributed by atoms with Crippen molar-refractivity contribution in [3.05, 3.63) is 24.4 Å². The van der Waals surface area contributed by atoms with Gasteiger partial charge in [0.15, 0.2) is 0 Å². The molecule has 1 saturated carbocycles. The minimum absolute atomic E-state index is 0.0358. The molecule has 1 aliphatic carbocycles. The number of nitrogens with one attached hydrogen (secondary N) is 1. The number of hydrogen-bond donors (Lipinski definition) is 1. The number of hydrogen-bond acceptors (Lipinski definition) is 6. The molecule has 2 fully saturated rings. The second-order valence-corrected chi connectivity index (χ2v) is 7.89. The third-order valence-electron chi connectivity index (χ3n) is 5.57. The second kappa shape index (κ2) is 8.82. The van der Waals surface area contributed by atoms with Crippen LogP contribution in [-0.2, 0) is 4.74 Å². The van der Waals surface area contributed by atoms with E-state index in [0.29, 0.717) is 19.1 Å². The topological polar surface area (TPSA) is 79.8 Å². The summed E-state index contributed by atoms with van der Waals surface area (Å²) in [5.41, 5.74) is 0.894. The minimum atomic E-state index is -0.0358. The van der Waals surface area contributed by atoms with E-state index in [1.54, 1.807) is 25.2 Å². The van der Waals surface area contributed by atoms with Gasteiger partial charge in [0.2, 0.25) is 5.88 Å². The van der Waals surface area contributed by atoms with Crippen LogP contribution in [-0.4, -0.2) is 73.4 Å². The first-order chi connectivity index (χ1) is 14.1. The fourth-order valence-electron chi connectivity index (χ4n) is 3.86. The number of carbonyl (C=O) groups excluding carboxylic acids is 1. The Hall–Kier alpha value is -2.61. The Labute approximate surface area is 171 Å². The van der Waals surface area contributed by atoms with Crippen molar-refractivity contribution < 1.29 is 14.3 Å². The molecule has 0 atom stereocenters. The molecular formula is C21H29N5O3. The Kier molecular flexibility index (Phi) is 5.99. The zero-order valence-electron chi connectivity index (χ0n) is 17.1. The van der Waals surface area contributed by atoms with Gasteiger partial charge in [-0.2, -0.15) is 4.98 Å². The number of ether oxygens (including phenoxy) is 2. The van der Waals surface area contributed by atoms with Gasteiger partial charge < -0.3 is 24.6 Å². The van der Waals surface area contributed by atoms with E-state index >= 15 is 0 Å². The van der Waals surface area contributed by atoms with E-state index in [1.165, 1.54) is 0 Å². The molecule has 1 N–H and O–H groups in total. The van der Waals surface area contributed by atoms with E-state index in [1.807, 2.05) is 18.2 Å². The van der Waals surface area contributed by atoms with Crippen LogP contribution < -0.4 is 15.0 Å². The zero-order chi connectivity index (χ0) is 20.2. The summed E-state index contributed by atoms with van der Waals surface area (Å²) >= 11 is 0. The predicted molar refractivity (Wildman–Crippen MR) is 111 cm³/mol. The minimum Gasteiger partial charge on any atom is -0.474 e. The summed E-state index contributed by atoms with van der Waals surface area (Å²) in [6.45, 7) is 3.06. The summed E-state index contributed by atoms with van der Waals surface area (Å²) < 4.78 is 11.8. The first-order valence-electron chi connectivity index (χ1n) is 10.3. The number of fused-ring (bicyclic) bond motifs is 1. The van der Waals surface area contributed by atoms with Crippen molar-refractivity contribution in [1.29, 1.82) is 0 Å². The van der Waals surface area contributed by atoms with Crippen LogP contribution in [0.25, 0.3) is 10.9 Å². The molecule has 156 valence electrons. The zero-order valence-corrected chi connectivity index (χ0v) is 17.1. The van der Waals surface area contributed by atoms with E-state index in [9.17, 15) is 4.79 Å². The highest BCUT2D eigenvalue weighted by Gasteiger charge is 2.25. The average Bonchev–Trinajstić information content (AvgIpc) is 2.75. The third kappa shape index (κ3) is 4.70. The maximum Gasteiger partial charge on any atom is 0.317 e. The average molecular weight is 399 g/mol. The molecule has 2 amide bonds. The summed E-state index contributed by atoms with van der Waals surface area (Å²) in [5.74, 6) is 1.54. The Morgan fingerprint density at radius 3 is 2.72 bits per heavy atom. The van der Waals surface area contributed by atoms with Gasteiger partial charge in [0.05, 0.1) is 24.1 Å². The molecule has 0 bridgehead atoms. The van der Waals surface area contributed by atoms with E-state index in [-0.39, 0.29) is 18.2 Å². The first kappa shape index (κ1) is 19.7. The standard InChI is InChI=1S/C21H29N5O3/c1-25(2)21(27)23-15-5-7-16(8-6-15)29-20-17-4-3-9-22-18(17)14-19(24-20)26-10-12-28-13-11-26/h3-4,9,14-16H,5-8,10-13H2,1-2H3,(H,23,27)/t15-,16+. The largest absolute Gasteiger partial charge is 0.474 e. The third-order valence-corrected chi connectivity index (χ3v) is 5.57. The summed E-state index contributed by atoms with van der Waals surface area (Å²) in [7, 11) is 3.52. The highest BCUT2D eigenvalue weighted by Crippen LogP contribution is 2.30. The first-order valence-corrected chi connectivity index (χ1v) is 10.3. The molecule has 29 heavy (non-hydrogen) atoms. The van der Waals surface area contributed by atoms with Crippen LogP contribution in [0.2, 0.25) is 0 Å². The summed E-state index contributed by atoms with van der Waals surface area (Å²) in [6.07, 6.45) is 5.49. The van der Waals surface area contributed by atoms with E-state index in [4.69, 9.17) is 14.5 Å². The Morgan fingerprint density at radius 2 is 2.00 bits per heavy atom. The molecule has 0 radical (unpaired) electrons. The lowest BCUT2D eigenvalue weighted by molar-refractivity contribution is 0.121. The maximum atomic E-state index is 11.9. The highest BCUT2D eigenvalue weighted by atomic mass is 16.5. The molecule has 8 nitrogen and oxygen atoms in total. The molecule has 0 aromatic carbocycles. The SMILES string of the molecule is CN(C)C(=O)N[C@H]1CC[C@@H](Oc2nc(N3CCOCC3)cc3ncccc23)CC1. The Bertz CT molecular complexity index is 845. The number of nitrogens with zero attached hydrogens (tertiary/aromatic N) is 4. The molecule has 2 aromatic heterocycles. The fraction of sp³-hybridized carbons (Fsp3) is 0.571. The molecule has 8 heteroatoms.